The highest BCUT2D eigenvalue weighted by Crippen LogP contribution is 2.21. The molecule has 2 aromatic rings. The Morgan fingerprint density at radius 1 is 1.41 bits per heavy atom. The summed E-state index contributed by atoms with van der Waals surface area (Å²) in [6.45, 7) is 3.91. The van der Waals surface area contributed by atoms with Gasteiger partial charge in [-0.25, -0.2) is 9.37 Å². The molecule has 3 rings (SSSR count). The smallest absolute Gasteiger partial charge is 0.227 e. The van der Waals surface area contributed by atoms with Crippen LogP contribution in [0.2, 0.25) is 0 Å². The minimum Gasteiger partial charge on any atom is -0.344 e. The molecule has 1 unspecified atom stereocenters. The average Bonchev–Trinajstić information content (AvgIpc) is 3.06. The lowest BCUT2D eigenvalue weighted by molar-refractivity contribution is -0.142. The van der Waals surface area contributed by atoms with E-state index in [4.69, 9.17) is 0 Å². The van der Waals surface area contributed by atoms with Gasteiger partial charge < -0.3 is 14.4 Å². The van der Waals surface area contributed by atoms with E-state index in [1.807, 2.05) is 17.7 Å². The molecule has 0 aliphatic carbocycles. The quantitative estimate of drug-likeness (QED) is 0.781. The molecule has 0 spiro atoms. The fourth-order valence-electron chi connectivity index (χ4n) is 3.44. The van der Waals surface area contributed by atoms with E-state index in [9.17, 15) is 14.0 Å². The summed E-state index contributed by atoms with van der Waals surface area (Å²) in [6, 6.07) is 6.23. The second-order valence-corrected chi connectivity index (χ2v) is 7.07. The fourth-order valence-corrected chi connectivity index (χ4v) is 3.44. The number of nitrogens with zero attached hydrogens (tertiary/aromatic N) is 4. The second kappa shape index (κ2) is 8.33. The number of piperidine rings is 1. The van der Waals surface area contributed by atoms with Crippen molar-refractivity contribution in [2.45, 2.75) is 32.9 Å². The van der Waals surface area contributed by atoms with Crippen molar-refractivity contribution in [3.05, 3.63) is 53.9 Å². The molecule has 7 heteroatoms. The van der Waals surface area contributed by atoms with Crippen LogP contribution in [0.5, 0.6) is 0 Å². The lowest BCUT2D eigenvalue weighted by Crippen LogP contribution is -2.46. The molecule has 144 valence electrons. The summed E-state index contributed by atoms with van der Waals surface area (Å²) in [4.78, 5) is 32.6. The van der Waals surface area contributed by atoms with Crippen molar-refractivity contribution < 1.29 is 14.0 Å². The number of amides is 2. The molecule has 0 N–H and O–H groups in total. The molecule has 1 aliphatic heterocycles. The molecule has 2 heterocycles. The zero-order chi connectivity index (χ0) is 19.4. The SMILES string of the molecule is Cc1nccn1CCN(C)C(=O)C1CCC(=O)N(Cc2cccc(F)c2)C1. The number of carbonyl (C=O) groups excluding carboxylic acids is 2. The van der Waals surface area contributed by atoms with Gasteiger partial charge in [0.05, 0.1) is 5.92 Å². The number of aromatic nitrogens is 2. The third-order valence-corrected chi connectivity index (χ3v) is 5.09. The largest absolute Gasteiger partial charge is 0.344 e. The van der Waals surface area contributed by atoms with Gasteiger partial charge in [0.25, 0.3) is 0 Å². The summed E-state index contributed by atoms with van der Waals surface area (Å²) in [7, 11) is 1.79. The van der Waals surface area contributed by atoms with E-state index in [0.717, 1.165) is 11.4 Å². The first-order valence-electron chi connectivity index (χ1n) is 9.19. The highest BCUT2D eigenvalue weighted by molar-refractivity contribution is 5.83. The number of hydrogen-bond acceptors (Lipinski definition) is 3. The van der Waals surface area contributed by atoms with Crippen LogP contribution in [0.25, 0.3) is 0 Å². The summed E-state index contributed by atoms with van der Waals surface area (Å²) in [5.74, 6) is 0.439. The predicted octanol–water partition coefficient (Wildman–Crippen LogP) is 2.23. The van der Waals surface area contributed by atoms with E-state index >= 15 is 0 Å². The van der Waals surface area contributed by atoms with Gasteiger partial charge in [0.2, 0.25) is 11.8 Å². The maximum absolute atomic E-state index is 13.4. The Morgan fingerprint density at radius 3 is 2.93 bits per heavy atom. The lowest BCUT2D eigenvalue weighted by Gasteiger charge is -2.34. The third kappa shape index (κ3) is 4.72. The topological polar surface area (TPSA) is 58.4 Å². The summed E-state index contributed by atoms with van der Waals surface area (Å²) >= 11 is 0. The number of imidazole rings is 1. The number of hydrogen-bond donors (Lipinski definition) is 0. The number of likely N-dealkylation sites (N-methyl/N-ethyl adjacent to an activating group) is 1. The third-order valence-electron chi connectivity index (χ3n) is 5.09. The maximum atomic E-state index is 13.4. The summed E-state index contributed by atoms with van der Waals surface area (Å²) in [5.41, 5.74) is 0.736. The maximum Gasteiger partial charge on any atom is 0.227 e. The molecule has 27 heavy (non-hydrogen) atoms. The van der Waals surface area contributed by atoms with E-state index in [0.29, 0.717) is 39.0 Å². The molecule has 1 fully saturated rings. The predicted molar refractivity (Wildman–Crippen MR) is 99.1 cm³/mol. The van der Waals surface area contributed by atoms with Crippen molar-refractivity contribution in [2.75, 3.05) is 20.1 Å². The van der Waals surface area contributed by atoms with Crippen LogP contribution in [-0.2, 0) is 22.7 Å². The zero-order valence-corrected chi connectivity index (χ0v) is 15.8. The standard InChI is InChI=1S/C20H25FN4O2/c1-15-22-8-9-24(15)11-10-23(2)20(27)17-6-7-19(26)25(14-17)13-16-4-3-5-18(21)12-16/h3-5,8-9,12,17H,6-7,10-11,13-14H2,1-2H3. The summed E-state index contributed by atoms with van der Waals surface area (Å²) < 4.78 is 15.4. The summed E-state index contributed by atoms with van der Waals surface area (Å²) in [6.07, 6.45) is 4.55. The van der Waals surface area contributed by atoms with Crippen LogP contribution < -0.4 is 0 Å². The molecule has 0 bridgehead atoms. The van der Waals surface area contributed by atoms with Gasteiger partial charge in [-0.3, -0.25) is 9.59 Å². The molecule has 1 aliphatic rings. The molecule has 2 amide bonds. The molecule has 1 aromatic carbocycles. The Morgan fingerprint density at radius 2 is 2.22 bits per heavy atom. The Bertz CT molecular complexity index is 820. The normalized spacial score (nSPS) is 17.2. The van der Waals surface area contributed by atoms with Gasteiger partial charge in [-0.2, -0.15) is 0 Å². The summed E-state index contributed by atoms with van der Waals surface area (Å²) in [5, 5.41) is 0. The fraction of sp³-hybridized carbons (Fsp3) is 0.450. The molecule has 1 aromatic heterocycles. The van der Waals surface area contributed by atoms with Gasteiger partial charge in [-0.15, -0.1) is 0 Å². The first-order valence-corrected chi connectivity index (χ1v) is 9.19. The molecule has 1 atom stereocenters. The van der Waals surface area contributed by atoms with Gasteiger partial charge in [0, 0.05) is 52.0 Å². The minimum atomic E-state index is -0.320. The van der Waals surface area contributed by atoms with Crippen molar-refractivity contribution in [3.8, 4) is 0 Å². The molecule has 0 radical (unpaired) electrons. The average molecular weight is 372 g/mol. The van der Waals surface area contributed by atoms with E-state index in [-0.39, 0.29) is 23.5 Å². The van der Waals surface area contributed by atoms with E-state index in [1.54, 1.807) is 35.2 Å². The van der Waals surface area contributed by atoms with Gasteiger partial charge >= 0.3 is 0 Å². The second-order valence-electron chi connectivity index (χ2n) is 7.07. The number of aryl methyl sites for hydroxylation is 1. The number of likely N-dealkylation sites (tertiary alicyclic amines) is 1. The van der Waals surface area contributed by atoms with E-state index in [1.165, 1.54) is 12.1 Å². The van der Waals surface area contributed by atoms with Crippen LogP contribution in [0.1, 0.15) is 24.2 Å². The van der Waals surface area contributed by atoms with Gasteiger partial charge in [-0.1, -0.05) is 12.1 Å². The van der Waals surface area contributed by atoms with Crippen molar-refractivity contribution in [3.63, 3.8) is 0 Å². The van der Waals surface area contributed by atoms with Gasteiger partial charge in [0.1, 0.15) is 11.6 Å². The van der Waals surface area contributed by atoms with E-state index < -0.39 is 0 Å². The van der Waals surface area contributed by atoms with Crippen LogP contribution in [0.4, 0.5) is 4.39 Å². The molecule has 1 saturated heterocycles. The monoisotopic (exact) mass is 372 g/mol. The Hall–Kier alpha value is -2.70. The Labute approximate surface area is 158 Å². The molecular weight excluding hydrogens is 347 g/mol. The van der Waals surface area contributed by atoms with Crippen molar-refractivity contribution >= 4 is 11.8 Å². The highest BCUT2D eigenvalue weighted by Gasteiger charge is 2.31. The minimum absolute atomic E-state index is 0.0139. The first-order chi connectivity index (χ1) is 12.9. The van der Waals surface area contributed by atoms with Gasteiger partial charge in [0.15, 0.2) is 0 Å². The number of halogens is 1. The van der Waals surface area contributed by atoms with Crippen LogP contribution >= 0.6 is 0 Å². The highest BCUT2D eigenvalue weighted by atomic mass is 19.1. The first kappa shape index (κ1) is 19.1. The number of benzene rings is 1. The number of carbonyl (C=O) groups is 2. The van der Waals surface area contributed by atoms with Crippen molar-refractivity contribution in [1.82, 2.24) is 19.4 Å². The Balaban J connectivity index is 1.58. The van der Waals surface area contributed by atoms with Crippen LogP contribution in [0, 0.1) is 18.7 Å². The van der Waals surface area contributed by atoms with Crippen molar-refractivity contribution in [1.29, 1.82) is 0 Å². The van der Waals surface area contributed by atoms with Crippen LogP contribution in [-0.4, -0.2) is 51.3 Å². The van der Waals surface area contributed by atoms with Crippen LogP contribution in [0.3, 0.4) is 0 Å². The van der Waals surface area contributed by atoms with Gasteiger partial charge in [-0.05, 0) is 31.0 Å². The van der Waals surface area contributed by atoms with E-state index in [2.05, 4.69) is 4.98 Å². The molecule has 0 saturated carbocycles. The molecular formula is C20H25FN4O2. The van der Waals surface area contributed by atoms with Crippen molar-refractivity contribution in [2.24, 2.45) is 5.92 Å². The van der Waals surface area contributed by atoms with Crippen LogP contribution in [0.15, 0.2) is 36.7 Å². The zero-order valence-electron chi connectivity index (χ0n) is 15.8. The lowest BCUT2D eigenvalue weighted by atomic mass is 9.95. The number of rotatable bonds is 6. The molecule has 6 nitrogen and oxygen atoms in total. The Kier molecular flexibility index (Phi) is 5.88.